The molecule has 0 aromatic rings. The first-order chi connectivity index (χ1) is 10.2. The van der Waals surface area contributed by atoms with E-state index in [-0.39, 0.29) is 5.60 Å². The molecule has 1 N–H and O–H groups in total. The highest BCUT2D eigenvalue weighted by Crippen LogP contribution is 2.31. The van der Waals surface area contributed by atoms with E-state index in [0.717, 1.165) is 38.5 Å². The predicted octanol–water partition coefficient (Wildman–Crippen LogP) is 6.21. The van der Waals surface area contributed by atoms with Crippen LogP contribution >= 0.6 is 0 Å². The molecule has 0 fully saturated rings. The Balaban J connectivity index is 3.92. The van der Waals surface area contributed by atoms with Crippen molar-refractivity contribution in [2.45, 2.75) is 110 Å². The molecule has 0 aromatic heterocycles. The molecular formula is C17H36O4. The van der Waals surface area contributed by atoms with Crippen LogP contribution in [0.1, 0.15) is 104 Å². The second-order valence-electron chi connectivity index (χ2n) is 6.13. The largest absolute Gasteiger partial charge is 0.219 e. The van der Waals surface area contributed by atoms with Crippen molar-refractivity contribution in [3.8, 4) is 0 Å². The molecule has 0 radical (unpaired) electrons. The van der Waals surface area contributed by atoms with Gasteiger partial charge in [0.05, 0.1) is 0 Å². The molecule has 128 valence electrons. The van der Waals surface area contributed by atoms with Crippen molar-refractivity contribution < 1.29 is 20.2 Å². The van der Waals surface area contributed by atoms with Crippen LogP contribution in [0.25, 0.3) is 0 Å². The fourth-order valence-electron chi connectivity index (χ4n) is 3.08. The Bertz CT molecular complexity index is 203. The Morgan fingerprint density at radius 3 is 1.67 bits per heavy atom. The summed E-state index contributed by atoms with van der Waals surface area (Å²) in [4.78, 5) is 5.35. The predicted molar refractivity (Wildman–Crippen MR) is 85.7 cm³/mol. The molecule has 4 nitrogen and oxygen atoms in total. The van der Waals surface area contributed by atoms with Crippen molar-refractivity contribution in [1.29, 1.82) is 0 Å². The van der Waals surface area contributed by atoms with Gasteiger partial charge in [0.15, 0.2) is 0 Å². The maximum absolute atomic E-state index is 8.33. The normalized spacial score (nSPS) is 12.0. The van der Waals surface area contributed by atoms with Crippen molar-refractivity contribution in [2.75, 3.05) is 0 Å². The highest BCUT2D eigenvalue weighted by Gasteiger charge is 2.31. The van der Waals surface area contributed by atoms with Gasteiger partial charge >= 0.3 is 0 Å². The highest BCUT2D eigenvalue weighted by atomic mass is 17.6. The van der Waals surface area contributed by atoms with E-state index in [4.69, 9.17) is 10.1 Å². The first kappa shape index (κ1) is 20.8. The third-order valence-electron chi connectivity index (χ3n) is 4.14. The SMILES string of the molecule is CCCCCCCCCCC(CCC)(CCC)OOOO. The number of rotatable bonds is 16. The zero-order valence-electron chi connectivity index (χ0n) is 14.4. The molecule has 0 aromatic carbocycles. The van der Waals surface area contributed by atoms with Gasteiger partial charge in [-0.05, 0) is 29.3 Å². The summed E-state index contributed by atoms with van der Waals surface area (Å²) in [7, 11) is 0. The van der Waals surface area contributed by atoms with E-state index in [1.54, 1.807) is 0 Å². The minimum Gasteiger partial charge on any atom is -0.219 e. The van der Waals surface area contributed by atoms with Crippen molar-refractivity contribution in [3.63, 3.8) is 0 Å². The van der Waals surface area contributed by atoms with Gasteiger partial charge in [-0.3, -0.25) is 0 Å². The second kappa shape index (κ2) is 14.8. The molecule has 0 heterocycles. The molecule has 0 saturated heterocycles. The average Bonchev–Trinajstić information content (AvgIpc) is 2.48. The Labute approximate surface area is 131 Å². The highest BCUT2D eigenvalue weighted by molar-refractivity contribution is 4.78. The molecule has 0 bridgehead atoms. The van der Waals surface area contributed by atoms with Crippen LogP contribution in [0, 0.1) is 0 Å². The van der Waals surface area contributed by atoms with Gasteiger partial charge in [-0.1, -0.05) is 85.0 Å². The maximum Gasteiger partial charge on any atom is 0.107 e. The zero-order valence-corrected chi connectivity index (χ0v) is 14.4. The molecule has 0 spiro atoms. The van der Waals surface area contributed by atoms with Gasteiger partial charge in [0.1, 0.15) is 5.60 Å². The Kier molecular flexibility index (Phi) is 14.7. The van der Waals surface area contributed by atoms with Gasteiger partial charge < -0.3 is 0 Å². The third kappa shape index (κ3) is 11.1. The smallest absolute Gasteiger partial charge is 0.107 e. The first-order valence-corrected chi connectivity index (χ1v) is 8.90. The first-order valence-electron chi connectivity index (χ1n) is 8.90. The second-order valence-corrected chi connectivity index (χ2v) is 6.13. The van der Waals surface area contributed by atoms with Gasteiger partial charge in [-0.2, -0.15) is 4.89 Å². The molecule has 0 saturated carbocycles. The summed E-state index contributed by atoms with van der Waals surface area (Å²) in [6.45, 7) is 6.53. The van der Waals surface area contributed by atoms with E-state index in [1.165, 1.54) is 44.9 Å². The summed E-state index contributed by atoms with van der Waals surface area (Å²) in [5.74, 6) is 0. The van der Waals surface area contributed by atoms with Crippen LogP contribution in [-0.4, -0.2) is 10.9 Å². The summed E-state index contributed by atoms with van der Waals surface area (Å²) in [5.41, 5.74) is -0.311. The van der Waals surface area contributed by atoms with E-state index in [1.807, 2.05) is 0 Å². The summed E-state index contributed by atoms with van der Waals surface area (Å²) in [6.07, 6.45) is 15.3. The van der Waals surface area contributed by atoms with Crippen LogP contribution < -0.4 is 0 Å². The average molecular weight is 304 g/mol. The fourth-order valence-corrected chi connectivity index (χ4v) is 3.08. The lowest BCUT2D eigenvalue weighted by molar-refractivity contribution is -0.643. The van der Waals surface area contributed by atoms with Crippen LogP contribution in [0.15, 0.2) is 0 Å². The molecule has 0 amide bonds. The summed E-state index contributed by atoms with van der Waals surface area (Å²) < 4.78 is 0. The van der Waals surface area contributed by atoms with Crippen LogP contribution in [0.3, 0.4) is 0 Å². The minimum absolute atomic E-state index is 0.311. The molecule has 0 unspecified atom stereocenters. The van der Waals surface area contributed by atoms with Gasteiger partial charge in [0, 0.05) is 0 Å². The topological polar surface area (TPSA) is 47.9 Å². The molecular weight excluding hydrogens is 268 g/mol. The van der Waals surface area contributed by atoms with Gasteiger partial charge in [0.25, 0.3) is 0 Å². The van der Waals surface area contributed by atoms with E-state index in [9.17, 15) is 0 Å². The van der Waals surface area contributed by atoms with Crippen LogP contribution in [-0.2, 0) is 15.0 Å². The lowest BCUT2D eigenvalue weighted by Crippen LogP contribution is -2.32. The molecule has 0 atom stereocenters. The Hall–Kier alpha value is -0.160. The van der Waals surface area contributed by atoms with Crippen molar-refractivity contribution >= 4 is 0 Å². The molecule has 0 aliphatic carbocycles. The Morgan fingerprint density at radius 1 is 0.667 bits per heavy atom. The quantitative estimate of drug-likeness (QED) is 0.209. The number of unbranched alkanes of at least 4 members (excludes halogenated alkanes) is 7. The molecule has 21 heavy (non-hydrogen) atoms. The van der Waals surface area contributed by atoms with E-state index in [0.29, 0.717) is 0 Å². The standard InChI is InChI=1S/C17H36O4/c1-4-7-8-9-10-11-12-13-16-17(14-5-2,15-6-3)19-21-20-18/h18H,4-16H2,1-3H3. The van der Waals surface area contributed by atoms with Crippen LogP contribution in [0.2, 0.25) is 0 Å². The van der Waals surface area contributed by atoms with Crippen LogP contribution in [0.5, 0.6) is 0 Å². The molecule has 0 rings (SSSR count). The van der Waals surface area contributed by atoms with Gasteiger partial charge in [-0.25, -0.2) is 5.26 Å². The summed E-state index contributed by atoms with van der Waals surface area (Å²) in [5, 5.41) is 16.4. The minimum atomic E-state index is -0.311. The number of hydrogen-bond donors (Lipinski definition) is 1. The van der Waals surface area contributed by atoms with E-state index in [2.05, 4.69) is 30.8 Å². The van der Waals surface area contributed by atoms with Crippen molar-refractivity contribution in [2.24, 2.45) is 0 Å². The zero-order chi connectivity index (χ0) is 15.8. The Morgan fingerprint density at radius 2 is 1.19 bits per heavy atom. The van der Waals surface area contributed by atoms with Gasteiger partial charge in [-0.15, -0.1) is 0 Å². The van der Waals surface area contributed by atoms with Crippen LogP contribution in [0.4, 0.5) is 0 Å². The molecule has 0 aliphatic rings. The van der Waals surface area contributed by atoms with Crippen molar-refractivity contribution in [3.05, 3.63) is 0 Å². The lowest BCUT2D eigenvalue weighted by Gasteiger charge is -2.30. The maximum atomic E-state index is 8.33. The third-order valence-corrected chi connectivity index (χ3v) is 4.14. The monoisotopic (exact) mass is 304 g/mol. The number of hydrogen-bond acceptors (Lipinski definition) is 4. The summed E-state index contributed by atoms with van der Waals surface area (Å²) in [6, 6.07) is 0. The van der Waals surface area contributed by atoms with E-state index < -0.39 is 0 Å². The van der Waals surface area contributed by atoms with Gasteiger partial charge in [0.2, 0.25) is 0 Å². The lowest BCUT2D eigenvalue weighted by atomic mass is 9.87. The summed E-state index contributed by atoms with van der Waals surface area (Å²) >= 11 is 0. The molecule has 0 aliphatic heterocycles. The van der Waals surface area contributed by atoms with Crippen molar-refractivity contribution in [1.82, 2.24) is 0 Å². The molecule has 4 heteroatoms. The fraction of sp³-hybridized carbons (Fsp3) is 1.00. The van der Waals surface area contributed by atoms with E-state index >= 15 is 0 Å².